The molecule has 0 radical (unpaired) electrons. The maximum atomic E-state index is 11.3. The van der Waals surface area contributed by atoms with Crippen molar-refractivity contribution in [2.24, 2.45) is 4.99 Å². The van der Waals surface area contributed by atoms with Crippen LogP contribution in [0.4, 0.5) is 5.69 Å². The Labute approximate surface area is 127 Å². The van der Waals surface area contributed by atoms with Gasteiger partial charge in [0.05, 0.1) is 36.5 Å². The number of aryl methyl sites for hydroxylation is 1. The number of aromatic amines is 1. The Hall–Kier alpha value is -1.95. The highest BCUT2D eigenvalue weighted by Gasteiger charge is 2.23. The van der Waals surface area contributed by atoms with E-state index in [-0.39, 0.29) is 12.0 Å². The molecule has 1 aliphatic heterocycles. The first-order valence-corrected chi connectivity index (χ1v) is 7.72. The van der Waals surface area contributed by atoms with Crippen molar-refractivity contribution < 1.29 is 9.53 Å². The number of carbonyl (C=O) groups excluding carboxylic acids is 1. The molecule has 3 rings (SSSR count). The van der Waals surface area contributed by atoms with E-state index >= 15 is 0 Å². The fourth-order valence-electron chi connectivity index (χ4n) is 2.49. The molecule has 1 aromatic heterocycles. The van der Waals surface area contributed by atoms with E-state index in [1.54, 1.807) is 11.8 Å². The molecule has 2 heterocycles. The van der Waals surface area contributed by atoms with Gasteiger partial charge in [-0.2, -0.15) is 0 Å². The maximum Gasteiger partial charge on any atom is 0.307 e. The molecule has 110 valence electrons. The van der Waals surface area contributed by atoms with Crippen LogP contribution in [0.2, 0.25) is 0 Å². The minimum absolute atomic E-state index is 0.0112. The summed E-state index contributed by atoms with van der Waals surface area (Å²) in [5.41, 5.74) is 9.82. The average molecular weight is 303 g/mol. The van der Waals surface area contributed by atoms with E-state index in [0.29, 0.717) is 6.42 Å². The number of hydrogen-bond acceptors (Lipinski definition) is 5. The van der Waals surface area contributed by atoms with Gasteiger partial charge < -0.3 is 15.5 Å². The molecule has 0 spiro atoms. The summed E-state index contributed by atoms with van der Waals surface area (Å²) in [5.74, 6) is 0.580. The Morgan fingerprint density at radius 3 is 3.10 bits per heavy atom. The van der Waals surface area contributed by atoms with Crippen LogP contribution in [0.15, 0.2) is 23.2 Å². The molecule has 0 fully saturated rings. The molecule has 5 nitrogen and oxygen atoms in total. The van der Waals surface area contributed by atoms with Crippen molar-refractivity contribution in [3.05, 3.63) is 29.5 Å². The van der Waals surface area contributed by atoms with Crippen LogP contribution >= 0.6 is 11.8 Å². The predicted octanol–water partition coefficient (Wildman–Crippen LogP) is 2.48. The van der Waals surface area contributed by atoms with Gasteiger partial charge in [0.1, 0.15) is 5.04 Å². The van der Waals surface area contributed by atoms with Crippen LogP contribution in [0.1, 0.15) is 17.7 Å². The van der Waals surface area contributed by atoms with E-state index in [2.05, 4.69) is 26.8 Å². The molecule has 0 saturated heterocycles. The Balaban J connectivity index is 1.89. The summed E-state index contributed by atoms with van der Waals surface area (Å²) >= 11 is 1.65. The van der Waals surface area contributed by atoms with Crippen molar-refractivity contribution >= 4 is 39.4 Å². The van der Waals surface area contributed by atoms with Gasteiger partial charge in [0, 0.05) is 11.1 Å². The summed E-state index contributed by atoms with van der Waals surface area (Å²) in [6.07, 6.45) is 0.328. The lowest BCUT2D eigenvalue weighted by atomic mass is 10.1. The van der Waals surface area contributed by atoms with Crippen molar-refractivity contribution in [2.45, 2.75) is 19.4 Å². The lowest BCUT2D eigenvalue weighted by Crippen LogP contribution is -2.12. The number of rotatable bonds is 3. The van der Waals surface area contributed by atoms with Crippen LogP contribution in [0.25, 0.3) is 10.9 Å². The molecule has 2 aromatic rings. The van der Waals surface area contributed by atoms with Gasteiger partial charge in [0.25, 0.3) is 0 Å². The molecular weight excluding hydrogens is 286 g/mol. The molecule has 3 N–H and O–H groups in total. The largest absolute Gasteiger partial charge is 0.469 e. The van der Waals surface area contributed by atoms with E-state index in [4.69, 9.17) is 5.73 Å². The monoisotopic (exact) mass is 303 g/mol. The van der Waals surface area contributed by atoms with Crippen LogP contribution in [-0.2, 0) is 9.53 Å². The standard InChI is InChI=1S/C15H17N3O2S/c1-8-3-9-5-12(18-14(9)11(16)4-8)15-17-10(7-21-15)6-13(19)20-2/h3-5,10,18H,6-7,16H2,1-2H3. The second-order valence-corrected chi connectivity index (χ2v) is 6.19. The van der Waals surface area contributed by atoms with E-state index in [9.17, 15) is 4.79 Å². The van der Waals surface area contributed by atoms with Crippen molar-refractivity contribution in [1.82, 2.24) is 4.98 Å². The number of carbonyl (C=O) groups is 1. The van der Waals surface area contributed by atoms with E-state index < -0.39 is 0 Å². The third-order valence-corrected chi connectivity index (χ3v) is 4.63. The quantitative estimate of drug-likeness (QED) is 0.674. The molecule has 0 bridgehead atoms. The SMILES string of the molecule is COC(=O)CC1CSC(c2cc3cc(C)cc(N)c3[nH]2)=N1. The number of H-pyrrole nitrogens is 1. The number of esters is 1. The molecular formula is C15H17N3O2S. The normalized spacial score (nSPS) is 18.0. The molecule has 21 heavy (non-hydrogen) atoms. The number of benzene rings is 1. The lowest BCUT2D eigenvalue weighted by molar-refractivity contribution is -0.140. The first-order chi connectivity index (χ1) is 10.1. The summed E-state index contributed by atoms with van der Waals surface area (Å²) in [4.78, 5) is 19.2. The topological polar surface area (TPSA) is 80.5 Å². The number of thioether (sulfide) groups is 1. The summed E-state index contributed by atoms with van der Waals surface area (Å²) in [5, 5.41) is 2.01. The molecule has 1 aromatic carbocycles. The molecule has 0 amide bonds. The highest BCUT2D eigenvalue weighted by atomic mass is 32.2. The van der Waals surface area contributed by atoms with Gasteiger partial charge in [-0.25, -0.2) is 0 Å². The summed E-state index contributed by atoms with van der Waals surface area (Å²) in [6, 6.07) is 6.10. The molecule has 1 aliphatic rings. The predicted molar refractivity (Wildman–Crippen MR) is 86.9 cm³/mol. The first-order valence-electron chi connectivity index (χ1n) is 6.73. The minimum Gasteiger partial charge on any atom is -0.469 e. The third kappa shape index (κ3) is 2.76. The molecule has 6 heteroatoms. The van der Waals surface area contributed by atoms with Gasteiger partial charge in [0.15, 0.2) is 0 Å². The van der Waals surface area contributed by atoms with Crippen LogP contribution < -0.4 is 5.73 Å². The Morgan fingerprint density at radius 2 is 2.33 bits per heavy atom. The Morgan fingerprint density at radius 1 is 1.52 bits per heavy atom. The summed E-state index contributed by atoms with van der Waals surface area (Å²) in [6.45, 7) is 2.02. The summed E-state index contributed by atoms with van der Waals surface area (Å²) < 4.78 is 4.69. The number of nitrogen functional groups attached to an aromatic ring is 1. The van der Waals surface area contributed by atoms with Crippen molar-refractivity contribution in [3.8, 4) is 0 Å². The zero-order valence-corrected chi connectivity index (χ0v) is 12.8. The number of nitrogens with one attached hydrogen (secondary N) is 1. The number of aliphatic imine (C=N–C) groups is 1. The third-order valence-electron chi connectivity index (χ3n) is 3.48. The Kier molecular flexibility index (Phi) is 3.63. The van der Waals surface area contributed by atoms with Crippen molar-refractivity contribution in [3.63, 3.8) is 0 Å². The zero-order valence-electron chi connectivity index (χ0n) is 12.0. The van der Waals surface area contributed by atoms with Gasteiger partial charge in [-0.1, -0.05) is 0 Å². The number of hydrogen-bond donors (Lipinski definition) is 2. The highest BCUT2D eigenvalue weighted by molar-refractivity contribution is 8.14. The minimum atomic E-state index is -0.220. The van der Waals surface area contributed by atoms with E-state index in [0.717, 1.165) is 38.6 Å². The molecule has 1 unspecified atom stereocenters. The van der Waals surface area contributed by atoms with Gasteiger partial charge in [-0.15, -0.1) is 11.8 Å². The fraction of sp³-hybridized carbons (Fsp3) is 0.333. The van der Waals surface area contributed by atoms with Crippen LogP contribution in [0, 0.1) is 6.92 Å². The number of nitrogens with zero attached hydrogens (tertiary/aromatic N) is 1. The number of nitrogens with two attached hydrogens (primary N) is 1. The van der Waals surface area contributed by atoms with Gasteiger partial charge in [-0.3, -0.25) is 9.79 Å². The number of fused-ring (bicyclic) bond motifs is 1. The van der Waals surface area contributed by atoms with Gasteiger partial charge >= 0.3 is 5.97 Å². The zero-order chi connectivity index (χ0) is 15.0. The number of ether oxygens (including phenoxy) is 1. The van der Waals surface area contributed by atoms with Gasteiger partial charge in [0.2, 0.25) is 0 Å². The Bertz CT molecular complexity index is 736. The number of anilines is 1. The van der Waals surface area contributed by atoms with Crippen molar-refractivity contribution in [1.29, 1.82) is 0 Å². The number of methoxy groups -OCH3 is 1. The lowest BCUT2D eigenvalue weighted by Gasteiger charge is -2.02. The first kappa shape index (κ1) is 14.0. The van der Waals surface area contributed by atoms with Gasteiger partial charge in [-0.05, 0) is 30.7 Å². The summed E-state index contributed by atoms with van der Waals surface area (Å²) in [7, 11) is 1.40. The van der Waals surface area contributed by atoms with E-state index in [1.165, 1.54) is 7.11 Å². The second kappa shape index (κ2) is 5.44. The van der Waals surface area contributed by atoms with E-state index in [1.807, 2.05) is 13.0 Å². The molecule has 0 aliphatic carbocycles. The highest BCUT2D eigenvalue weighted by Crippen LogP contribution is 2.29. The van der Waals surface area contributed by atoms with Crippen LogP contribution in [-0.4, -0.2) is 34.9 Å². The second-order valence-electron chi connectivity index (χ2n) is 5.18. The number of aromatic nitrogens is 1. The van der Waals surface area contributed by atoms with Crippen molar-refractivity contribution in [2.75, 3.05) is 18.6 Å². The fourth-order valence-corrected chi connectivity index (χ4v) is 3.52. The molecule has 0 saturated carbocycles. The average Bonchev–Trinajstić information content (AvgIpc) is 3.04. The molecule has 1 atom stereocenters. The van der Waals surface area contributed by atoms with Crippen LogP contribution in [0.5, 0.6) is 0 Å². The van der Waals surface area contributed by atoms with Crippen LogP contribution in [0.3, 0.4) is 0 Å². The maximum absolute atomic E-state index is 11.3. The smallest absolute Gasteiger partial charge is 0.307 e.